The highest BCUT2D eigenvalue weighted by Crippen LogP contribution is 2.39. The highest BCUT2D eigenvalue weighted by molar-refractivity contribution is 7.99. The lowest BCUT2D eigenvalue weighted by Gasteiger charge is -2.15. The lowest BCUT2D eigenvalue weighted by molar-refractivity contribution is -0.143. The van der Waals surface area contributed by atoms with Crippen molar-refractivity contribution in [2.24, 2.45) is 0 Å². The molecule has 1 heterocycles. The summed E-state index contributed by atoms with van der Waals surface area (Å²) < 4.78 is 0. The molecule has 18 heavy (non-hydrogen) atoms. The van der Waals surface area contributed by atoms with Crippen LogP contribution in [0.2, 0.25) is 0 Å². The topological polar surface area (TPSA) is 86.6 Å². The normalized spacial score (nSPS) is 19.1. The largest absolute Gasteiger partial charge is 0.480 e. The Morgan fingerprint density at radius 3 is 2.83 bits per heavy atom. The minimum absolute atomic E-state index is 0.348. The minimum atomic E-state index is -1.24. The van der Waals surface area contributed by atoms with E-state index in [1.165, 1.54) is 0 Å². The van der Waals surface area contributed by atoms with Crippen LogP contribution in [0.3, 0.4) is 0 Å². The van der Waals surface area contributed by atoms with Gasteiger partial charge in [0.05, 0.1) is 12.5 Å². The predicted molar refractivity (Wildman–Crippen MR) is 66.6 cm³/mol. The molecule has 2 atom stereocenters. The molecule has 0 bridgehead atoms. The van der Waals surface area contributed by atoms with Crippen molar-refractivity contribution in [2.45, 2.75) is 16.9 Å². The molecule has 0 radical (unpaired) electrons. The predicted octanol–water partition coefficient (Wildman–Crippen LogP) is 0.438. The third-order valence-corrected chi connectivity index (χ3v) is 4.00. The third kappa shape index (κ3) is 2.49. The van der Waals surface area contributed by atoms with Crippen molar-refractivity contribution in [3.63, 3.8) is 0 Å². The maximum atomic E-state index is 12.0. The molecule has 5 nitrogen and oxygen atoms in total. The van der Waals surface area contributed by atoms with Gasteiger partial charge in [0.1, 0.15) is 6.04 Å². The molecule has 0 fully saturated rings. The molecule has 1 aromatic carbocycles. The second-order valence-corrected chi connectivity index (χ2v) is 5.05. The number of carboxylic acids is 1. The Morgan fingerprint density at radius 1 is 1.44 bits per heavy atom. The first kappa shape index (κ1) is 12.9. The van der Waals surface area contributed by atoms with Gasteiger partial charge in [-0.05, 0) is 11.6 Å². The maximum Gasteiger partial charge on any atom is 0.328 e. The van der Waals surface area contributed by atoms with Crippen molar-refractivity contribution in [1.29, 1.82) is 0 Å². The van der Waals surface area contributed by atoms with Gasteiger partial charge in [0.2, 0.25) is 5.91 Å². The zero-order valence-electron chi connectivity index (χ0n) is 9.50. The fourth-order valence-corrected chi connectivity index (χ4v) is 3.07. The Hall–Kier alpha value is -1.53. The smallest absolute Gasteiger partial charge is 0.328 e. The molecule has 96 valence electrons. The molecule has 0 spiro atoms. The monoisotopic (exact) mass is 267 g/mol. The van der Waals surface area contributed by atoms with Gasteiger partial charge >= 0.3 is 5.97 Å². The average Bonchev–Trinajstić information content (AvgIpc) is 2.79. The lowest BCUT2D eigenvalue weighted by Crippen LogP contribution is -2.45. The number of hydrogen-bond acceptors (Lipinski definition) is 4. The molecule has 0 saturated heterocycles. The van der Waals surface area contributed by atoms with Gasteiger partial charge in [0, 0.05) is 10.6 Å². The number of hydrogen-bond donors (Lipinski definition) is 3. The summed E-state index contributed by atoms with van der Waals surface area (Å²) in [4.78, 5) is 23.8. The summed E-state index contributed by atoms with van der Waals surface area (Å²) in [5.41, 5.74) is 0.919. The zero-order chi connectivity index (χ0) is 13.1. The van der Waals surface area contributed by atoms with Gasteiger partial charge in [0.15, 0.2) is 0 Å². The number of carboxylic acid groups (broad SMARTS) is 1. The van der Waals surface area contributed by atoms with Gasteiger partial charge in [0.25, 0.3) is 0 Å². The standard InChI is InChI=1S/C12H13NO4S/c14-5-9(12(16)17)13-11(15)8-6-18-10-4-2-1-3-7(8)10/h1-4,8-9,14H,5-6H2,(H,13,15)(H,16,17)/t8?,9-/m1/s1. The number of aliphatic hydroxyl groups is 1. The number of aliphatic hydroxyl groups excluding tert-OH is 1. The van der Waals surface area contributed by atoms with Gasteiger partial charge in [-0.2, -0.15) is 0 Å². The van der Waals surface area contributed by atoms with Crippen molar-refractivity contribution in [2.75, 3.05) is 12.4 Å². The first-order valence-corrected chi connectivity index (χ1v) is 6.48. The van der Waals surface area contributed by atoms with Crippen LogP contribution in [0.4, 0.5) is 0 Å². The van der Waals surface area contributed by atoms with E-state index >= 15 is 0 Å². The Kier molecular flexibility index (Phi) is 3.88. The van der Waals surface area contributed by atoms with E-state index in [4.69, 9.17) is 10.2 Å². The molecule has 1 aromatic rings. The van der Waals surface area contributed by atoms with Crippen molar-refractivity contribution in [1.82, 2.24) is 5.32 Å². The first-order chi connectivity index (χ1) is 8.63. The van der Waals surface area contributed by atoms with E-state index in [1.54, 1.807) is 11.8 Å². The number of aliphatic carboxylic acids is 1. The molecule has 0 aliphatic carbocycles. The molecule has 1 aliphatic heterocycles. The van der Waals surface area contributed by atoms with Crippen LogP contribution < -0.4 is 5.32 Å². The van der Waals surface area contributed by atoms with Crippen LogP contribution in [0.15, 0.2) is 29.2 Å². The number of carbonyl (C=O) groups is 2. The van der Waals surface area contributed by atoms with Crippen LogP contribution >= 0.6 is 11.8 Å². The summed E-state index contributed by atoms with van der Waals surface area (Å²) in [6.07, 6.45) is 0. The molecule has 1 amide bonds. The van der Waals surface area contributed by atoms with Gasteiger partial charge in [-0.3, -0.25) is 4.79 Å². The summed E-state index contributed by atoms with van der Waals surface area (Å²) in [5.74, 6) is -1.33. The molecule has 2 rings (SSSR count). The summed E-state index contributed by atoms with van der Waals surface area (Å²) >= 11 is 1.58. The molecular weight excluding hydrogens is 254 g/mol. The molecular formula is C12H13NO4S. The Labute approximate surface area is 108 Å². The number of amides is 1. The summed E-state index contributed by atoms with van der Waals surface area (Å²) in [6, 6.07) is 6.32. The number of benzene rings is 1. The second-order valence-electron chi connectivity index (χ2n) is 3.98. The number of carbonyl (C=O) groups excluding carboxylic acids is 1. The van der Waals surface area contributed by atoms with Crippen molar-refractivity contribution in [3.05, 3.63) is 29.8 Å². The number of rotatable bonds is 4. The molecule has 0 aromatic heterocycles. The van der Waals surface area contributed by atoms with Gasteiger partial charge in [-0.1, -0.05) is 18.2 Å². The van der Waals surface area contributed by atoms with E-state index < -0.39 is 18.6 Å². The van der Waals surface area contributed by atoms with E-state index in [9.17, 15) is 9.59 Å². The van der Waals surface area contributed by atoms with Crippen molar-refractivity contribution in [3.8, 4) is 0 Å². The molecule has 3 N–H and O–H groups in total. The highest BCUT2D eigenvalue weighted by Gasteiger charge is 2.31. The van der Waals surface area contributed by atoms with E-state index in [1.807, 2.05) is 24.3 Å². The SMILES string of the molecule is O=C(N[C@H](CO)C(=O)O)C1CSc2ccccc21. The van der Waals surface area contributed by atoms with Gasteiger partial charge in [-0.25, -0.2) is 4.79 Å². The van der Waals surface area contributed by atoms with Crippen LogP contribution in [0.25, 0.3) is 0 Å². The molecule has 1 aliphatic rings. The summed E-state index contributed by atoms with van der Waals surface area (Å²) in [6.45, 7) is -0.609. The maximum absolute atomic E-state index is 12.0. The van der Waals surface area contributed by atoms with Crippen molar-refractivity contribution >= 4 is 23.6 Å². The fraction of sp³-hybridized carbons (Fsp3) is 0.333. The first-order valence-electron chi connectivity index (χ1n) is 5.49. The van der Waals surface area contributed by atoms with Crippen LogP contribution in [0, 0.1) is 0 Å². The minimum Gasteiger partial charge on any atom is -0.480 e. The Bertz CT molecular complexity index is 477. The zero-order valence-corrected chi connectivity index (χ0v) is 10.3. The quantitative estimate of drug-likeness (QED) is 0.737. The van der Waals surface area contributed by atoms with Gasteiger partial charge < -0.3 is 15.5 Å². The number of thioether (sulfide) groups is 1. The van der Waals surface area contributed by atoms with E-state index in [0.29, 0.717) is 5.75 Å². The highest BCUT2D eigenvalue weighted by atomic mass is 32.2. The van der Waals surface area contributed by atoms with E-state index in [-0.39, 0.29) is 11.8 Å². The average molecular weight is 267 g/mol. The fourth-order valence-electron chi connectivity index (χ4n) is 1.84. The van der Waals surface area contributed by atoms with Gasteiger partial charge in [-0.15, -0.1) is 11.8 Å². The second kappa shape index (κ2) is 5.41. The third-order valence-electron chi connectivity index (χ3n) is 2.81. The number of nitrogens with one attached hydrogen (secondary N) is 1. The Balaban J connectivity index is 2.10. The number of fused-ring (bicyclic) bond motifs is 1. The summed E-state index contributed by atoms with van der Waals surface area (Å²) in [5, 5.41) is 20.0. The molecule has 6 heteroatoms. The Morgan fingerprint density at radius 2 is 2.17 bits per heavy atom. The van der Waals surface area contributed by atoms with Crippen LogP contribution in [-0.2, 0) is 9.59 Å². The molecule has 1 unspecified atom stereocenters. The van der Waals surface area contributed by atoms with E-state index in [2.05, 4.69) is 5.32 Å². The van der Waals surface area contributed by atoms with E-state index in [0.717, 1.165) is 10.5 Å². The van der Waals surface area contributed by atoms with Crippen LogP contribution in [0.1, 0.15) is 11.5 Å². The van der Waals surface area contributed by atoms with Crippen molar-refractivity contribution < 1.29 is 19.8 Å². The molecule has 0 saturated carbocycles. The van der Waals surface area contributed by atoms with Crippen LogP contribution in [-0.4, -0.2) is 40.5 Å². The van der Waals surface area contributed by atoms with Crippen LogP contribution in [0.5, 0.6) is 0 Å². The lowest BCUT2D eigenvalue weighted by atomic mass is 10.0. The summed E-state index contributed by atoms with van der Waals surface area (Å²) in [7, 11) is 0.